The van der Waals surface area contributed by atoms with E-state index in [0.717, 1.165) is 57.3 Å². The Morgan fingerprint density at radius 2 is 2.12 bits per heavy atom. The average Bonchev–Trinajstić information content (AvgIpc) is 3.09. The first-order valence-electron chi connectivity index (χ1n) is 9.10. The molecule has 4 rings (SSSR count). The Hall–Kier alpha value is -1.99. The maximum Gasteiger partial charge on any atom is 0.261 e. The maximum absolute atomic E-state index is 5.46. The van der Waals surface area contributed by atoms with Crippen LogP contribution in [-0.4, -0.2) is 66.0 Å². The van der Waals surface area contributed by atoms with Crippen molar-refractivity contribution in [3.05, 3.63) is 24.2 Å². The summed E-state index contributed by atoms with van der Waals surface area (Å²) in [5, 5.41) is 3.92. The number of ether oxygens (including phenoxy) is 1. The molecule has 0 unspecified atom stereocenters. The Labute approximate surface area is 148 Å². The molecule has 2 aromatic heterocycles. The van der Waals surface area contributed by atoms with Crippen LogP contribution in [0, 0.1) is 12.8 Å². The number of rotatable bonds is 4. The smallest absolute Gasteiger partial charge is 0.261 e. The number of morpholine rings is 1. The Balaban J connectivity index is 1.49. The fourth-order valence-corrected chi connectivity index (χ4v) is 3.78. The molecule has 2 aromatic rings. The molecule has 0 aliphatic carbocycles. The van der Waals surface area contributed by atoms with Gasteiger partial charge in [0.1, 0.15) is 5.82 Å². The van der Waals surface area contributed by atoms with Gasteiger partial charge in [-0.3, -0.25) is 4.90 Å². The SMILES string of the molecule is Cc1noc(-c2cccnc2N2CCC[C@H](CN3CCOCC3)C2)n1. The molecule has 0 amide bonds. The molecule has 4 heterocycles. The zero-order valence-corrected chi connectivity index (χ0v) is 14.7. The molecule has 25 heavy (non-hydrogen) atoms. The van der Waals surface area contributed by atoms with Crippen LogP contribution in [-0.2, 0) is 4.74 Å². The summed E-state index contributed by atoms with van der Waals surface area (Å²) in [6, 6.07) is 3.94. The van der Waals surface area contributed by atoms with Gasteiger partial charge in [-0.05, 0) is 37.8 Å². The molecule has 2 aliphatic heterocycles. The van der Waals surface area contributed by atoms with Gasteiger partial charge in [-0.2, -0.15) is 4.98 Å². The van der Waals surface area contributed by atoms with Gasteiger partial charge in [0.2, 0.25) is 0 Å². The molecular weight excluding hydrogens is 318 g/mol. The number of aromatic nitrogens is 3. The first kappa shape index (κ1) is 16.5. The Bertz CT molecular complexity index is 698. The number of anilines is 1. The summed E-state index contributed by atoms with van der Waals surface area (Å²) in [6.45, 7) is 8.84. The van der Waals surface area contributed by atoms with Crippen LogP contribution < -0.4 is 4.90 Å². The van der Waals surface area contributed by atoms with Crippen LogP contribution in [0.25, 0.3) is 11.5 Å². The van der Waals surface area contributed by atoms with Crippen LogP contribution in [0.15, 0.2) is 22.9 Å². The Morgan fingerprint density at radius 3 is 2.92 bits per heavy atom. The second-order valence-corrected chi connectivity index (χ2v) is 6.89. The predicted octanol–water partition coefficient (Wildman–Crippen LogP) is 1.99. The van der Waals surface area contributed by atoms with Gasteiger partial charge in [-0.25, -0.2) is 4.98 Å². The fraction of sp³-hybridized carbons (Fsp3) is 0.611. The Morgan fingerprint density at radius 1 is 1.24 bits per heavy atom. The van der Waals surface area contributed by atoms with Crippen molar-refractivity contribution in [3.8, 4) is 11.5 Å². The second kappa shape index (κ2) is 7.49. The molecule has 7 nitrogen and oxygen atoms in total. The highest BCUT2D eigenvalue weighted by atomic mass is 16.5. The van der Waals surface area contributed by atoms with Gasteiger partial charge in [0.25, 0.3) is 5.89 Å². The van der Waals surface area contributed by atoms with Crippen LogP contribution in [0.4, 0.5) is 5.82 Å². The van der Waals surface area contributed by atoms with E-state index in [0.29, 0.717) is 17.6 Å². The van der Waals surface area contributed by atoms with Crippen LogP contribution in [0.1, 0.15) is 18.7 Å². The van der Waals surface area contributed by atoms with E-state index in [1.54, 1.807) is 0 Å². The monoisotopic (exact) mass is 343 g/mol. The van der Waals surface area contributed by atoms with Crippen molar-refractivity contribution in [2.24, 2.45) is 5.92 Å². The molecule has 0 bridgehead atoms. The van der Waals surface area contributed by atoms with Gasteiger partial charge < -0.3 is 14.2 Å². The zero-order chi connectivity index (χ0) is 17.1. The minimum Gasteiger partial charge on any atom is -0.379 e. The van der Waals surface area contributed by atoms with E-state index in [1.807, 2.05) is 25.3 Å². The predicted molar refractivity (Wildman–Crippen MR) is 94.5 cm³/mol. The molecule has 0 spiro atoms. The summed E-state index contributed by atoms with van der Waals surface area (Å²) >= 11 is 0. The molecule has 7 heteroatoms. The van der Waals surface area contributed by atoms with Crippen LogP contribution in [0.3, 0.4) is 0 Å². The summed E-state index contributed by atoms with van der Waals surface area (Å²) in [6.07, 6.45) is 4.30. The quantitative estimate of drug-likeness (QED) is 0.841. The number of hydrogen-bond donors (Lipinski definition) is 0. The molecule has 2 fully saturated rings. The largest absolute Gasteiger partial charge is 0.379 e. The zero-order valence-electron chi connectivity index (χ0n) is 14.7. The van der Waals surface area contributed by atoms with Crippen molar-refractivity contribution in [3.63, 3.8) is 0 Å². The van der Waals surface area contributed by atoms with Crippen LogP contribution in [0.2, 0.25) is 0 Å². The molecule has 2 aliphatic rings. The average molecular weight is 343 g/mol. The van der Waals surface area contributed by atoms with E-state index in [2.05, 4.69) is 24.9 Å². The van der Waals surface area contributed by atoms with E-state index in [-0.39, 0.29) is 0 Å². The molecule has 2 saturated heterocycles. The van der Waals surface area contributed by atoms with Crippen LogP contribution >= 0.6 is 0 Å². The van der Waals surface area contributed by atoms with Gasteiger partial charge in [-0.1, -0.05) is 5.16 Å². The van der Waals surface area contributed by atoms with Crippen molar-refractivity contribution < 1.29 is 9.26 Å². The maximum atomic E-state index is 5.46. The van der Waals surface area contributed by atoms with E-state index >= 15 is 0 Å². The van der Waals surface area contributed by atoms with E-state index in [4.69, 9.17) is 9.26 Å². The molecule has 0 aromatic carbocycles. The highest BCUT2D eigenvalue weighted by molar-refractivity contribution is 5.69. The van der Waals surface area contributed by atoms with E-state index < -0.39 is 0 Å². The van der Waals surface area contributed by atoms with Crippen LogP contribution in [0.5, 0.6) is 0 Å². The van der Waals surface area contributed by atoms with Crippen molar-refractivity contribution in [1.82, 2.24) is 20.0 Å². The summed E-state index contributed by atoms with van der Waals surface area (Å²) in [5.41, 5.74) is 0.926. The number of piperidine rings is 1. The first-order chi connectivity index (χ1) is 12.3. The summed E-state index contributed by atoms with van der Waals surface area (Å²) < 4.78 is 10.8. The van der Waals surface area contributed by atoms with Gasteiger partial charge in [0, 0.05) is 38.9 Å². The number of hydrogen-bond acceptors (Lipinski definition) is 7. The van der Waals surface area contributed by atoms with Crippen molar-refractivity contribution >= 4 is 5.82 Å². The summed E-state index contributed by atoms with van der Waals surface area (Å²) in [7, 11) is 0. The first-order valence-corrected chi connectivity index (χ1v) is 9.10. The lowest BCUT2D eigenvalue weighted by molar-refractivity contribution is 0.0296. The third kappa shape index (κ3) is 3.82. The van der Waals surface area contributed by atoms with Gasteiger partial charge in [-0.15, -0.1) is 0 Å². The van der Waals surface area contributed by atoms with Crippen molar-refractivity contribution in [2.75, 3.05) is 50.8 Å². The highest BCUT2D eigenvalue weighted by Gasteiger charge is 2.26. The summed E-state index contributed by atoms with van der Waals surface area (Å²) in [4.78, 5) is 13.9. The number of nitrogens with zero attached hydrogens (tertiary/aromatic N) is 5. The standard InChI is InChI=1S/C18H25N5O2/c1-14-20-18(25-21-14)16-5-2-6-19-17(16)23-7-3-4-15(13-23)12-22-8-10-24-11-9-22/h2,5-6,15H,3-4,7-13H2,1H3/t15-/m1/s1. The molecule has 0 N–H and O–H groups in total. The van der Waals surface area contributed by atoms with E-state index in [1.165, 1.54) is 12.8 Å². The number of pyridine rings is 1. The minimum absolute atomic E-state index is 0.552. The topological polar surface area (TPSA) is 67.5 Å². The lowest BCUT2D eigenvalue weighted by atomic mass is 9.96. The molecule has 1 atom stereocenters. The van der Waals surface area contributed by atoms with Gasteiger partial charge in [0.05, 0.1) is 18.8 Å². The molecular formula is C18H25N5O2. The Kier molecular flexibility index (Phi) is 4.94. The normalized spacial score (nSPS) is 22.3. The lowest BCUT2D eigenvalue weighted by Crippen LogP contribution is -2.44. The van der Waals surface area contributed by atoms with Crippen molar-refractivity contribution in [2.45, 2.75) is 19.8 Å². The molecule has 0 radical (unpaired) electrons. The second-order valence-electron chi connectivity index (χ2n) is 6.89. The summed E-state index contributed by atoms with van der Waals surface area (Å²) in [5.74, 6) is 2.81. The van der Waals surface area contributed by atoms with Gasteiger partial charge >= 0.3 is 0 Å². The lowest BCUT2D eigenvalue weighted by Gasteiger charge is -2.37. The van der Waals surface area contributed by atoms with Crippen molar-refractivity contribution in [1.29, 1.82) is 0 Å². The third-order valence-corrected chi connectivity index (χ3v) is 4.98. The third-order valence-electron chi connectivity index (χ3n) is 4.98. The highest BCUT2D eigenvalue weighted by Crippen LogP contribution is 2.30. The number of aryl methyl sites for hydroxylation is 1. The van der Waals surface area contributed by atoms with E-state index in [9.17, 15) is 0 Å². The molecule has 134 valence electrons. The fourth-order valence-electron chi connectivity index (χ4n) is 3.78. The van der Waals surface area contributed by atoms with Gasteiger partial charge in [0.15, 0.2) is 5.82 Å². The molecule has 0 saturated carbocycles. The minimum atomic E-state index is 0.552.